The molecular weight excluding hydrogens is 326 g/mol. The molecule has 0 amide bonds. The Bertz CT molecular complexity index is 707. The second kappa shape index (κ2) is 7.18. The molecule has 2 heterocycles. The van der Waals surface area contributed by atoms with Crippen LogP contribution in [0.3, 0.4) is 0 Å². The first-order chi connectivity index (χ1) is 11.6. The molecule has 1 aromatic carbocycles. The highest BCUT2D eigenvalue weighted by atomic mass is 32.1. The molecule has 2 aromatic rings. The number of anilines is 1. The van der Waals surface area contributed by atoms with Crippen LogP contribution in [0, 0.1) is 0 Å². The van der Waals surface area contributed by atoms with Gasteiger partial charge in [0.2, 0.25) is 0 Å². The molecule has 2 aliphatic rings. The molecule has 0 unspecified atom stereocenters. The molecule has 130 valence electrons. The van der Waals surface area contributed by atoms with Gasteiger partial charge >= 0.3 is 0 Å². The number of nitrogens with zero attached hydrogens (tertiary/aromatic N) is 2. The van der Waals surface area contributed by atoms with E-state index in [2.05, 4.69) is 9.88 Å². The van der Waals surface area contributed by atoms with E-state index in [0.29, 0.717) is 11.5 Å². The Labute approximate surface area is 146 Å². The predicted octanol–water partition coefficient (Wildman–Crippen LogP) is 6.03. The van der Waals surface area contributed by atoms with Gasteiger partial charge in [0.05, 0.1) is 9.88 Å². The quantitative estimate of drug-likeness (QED) is 0.671. The van der Waals surface area contributed by atoms with Crippen LogP contribution in [0.1, 0.15) is 61.6 Å². The highest BCUT2D eigenvalue weighted by Gasteiger charge is 2.28. The Balaban J connectivity index is 0.000000815. The van der Waals surface area contributed by atoms with Crippen molar-refractivity contribution in [2.75, 3.05) is 18.5 Å². The molecule has 1 aromatic heterocycles. The Kier molecular flexibility index (Phi) is 5.18. The van der Waals surface area contributed by atoms with E-state index in [1.165, 1.54) is 18.4 Å². The molecular formula is C19H24F2N2S. The lowest BCUT2D eigenvalue weighted by Gasteiger charge is -2.29. The van der Waals surface area contributed by atoms with E-state index < -0.39 is 6.43 Å². The second-order valence-corrected chi connectivity index (χ2v) is 7.29. The zero-order valence-corrected chi connectivity index (χ0v) is 15.3. The maximum atomic E-state index is 13.6. The fourth-order valence-electron chi connectivity index (χ4n) is 3.16. The van der Waals surface area contributed by atoms with Crippen LogP contribution in [0.5, 0.6) is 0 Å². The normalized spacial score (nSPS) is 16.7. The van der Waals surface area contributed by atoms with Gasteiger partial charge in [-0.15, -0.1) is 11.3 Å². The van der Waals surface area contributed by atoms with Crippen LogP contribution in [-0.4, -0.2) is 18.6 Å². The van der Waals surface area contributed by atoms with Crippen molar-refractivity contribution >= 4 is 17.0 Å². The van der Waals surface area contributed by atoms with E-state index in [4.69, 9.17) is 0 Å². The van der Waals surface area contributed by atoms with Gasteiger partial charge in [-0.05, 0) is 43.4 Å². The third-order valence-electron chi connectivity index (χ3n) is 4.55. The van der Waals surface area contributed by atoms with E-state index in [1.807, 2.05) is 27.0 Å². The van der Waals surface area contributed by atoms with Crippen LogP contribution >= 0.6 is 11.3 Å². The summed E-state index contributed by atoms with van der Waals surface area (Å²) in [6.07, 6.45) is 3.73. The van der Waals surface area contributed by atoms with Gasteiger partial charge in [0.15, 0.2) is 0 Å². The molecule has 1 aliphatic heterocycles. The van der Waals surface area contributed by atoms with Crippen molar-refractivity contribution < 1.29 is 8.78 Å². The largest absolute Gasteiger partial charge is 0.374 e. The van der Waals surface area contributed by atoms with Gasteiger partial charge in [0.25, 0.3) is 6.43 Å². The van der Waals surface area contributed by atoms with E-state index in [1.54, 1.807) is 23.6 Å². The van der Waals surface area contributed by atoms with Crippen molar-refractivity contribution in [3.05, 3.63) is 34.5 Å². The number of aryl methyl sites for hydroxylation is 1. The molecule has 0 saturated heterocycles. The van der Waals surface area contributed by atoms with Gasteiger partial charge in [-0.25, -0.2) is 13.8 Å². The third kappa shape index (κ3) is 3.32. The van der Waals surface area contributed by atoms with Crippen molar-refractivity contribution in [2.45, 2.75) is 51.9 Å². The lowest BCUT2D eigenvalue weighted by Crippen LogP contribution is -2.24. The minimum atomic E-state index is -2.46. The summed E-state index contributed by atoms with van der Waals surface area (Å²) in [5.41, 5.74) is 2.94. The van der Waals surface area contributed by atoms with Gasteiger partial charge in [-0.3, -0.25) is 0 Å². The van der Waals surface area contributed by atoms with Crippen molar-refractivity contribution in [1.29, 1.82) is 0 Å². The van der Waals surface area contributed by atoms with Crippen LogP contribution in [-0.2, 0) is 6.42 Å². The van der Waals surface area contributed by atoms with Gasteiger partial charge in [-0.2, -0.15) is 0 Å². The monoisotopic (exact) mass is 350 g/mol. The van der Waals surface area contributed by atoms with E-state index in [9.17, 15) is 8.78 Å². The molecule has 1 fully saturated rings. The van der Waals surface area contributed by atoms with Gasteiger partial charge < -0.3 is 4.90 Å². The first kappa shape index (κ1) is 17.3. The summed E-state index contributed by atoms with van der Waals surface area (Å²) in [7, 11) is 1.98. The third-order valence-corrected chi connectivity index (χ3v) is 5.75. The first-order valence-electron chi connectivity index (χ1n) is 8.75. The minimum Gasteiger partial charge on any atom is -0.374 e. The van der Waals surface area contributed by atoms with Gasteiger partial charge in [-0.1, -0.05) is 13.8 Å². The molecule has 0 N–H and O–H groups in total. The molecule has 4 rings (SSSR count). The average molecular weight is 350 g/mol. The van der Waals surface area contributed by atoms with Crippen LogP contribution in [0.2, 0.25) is 0 Å². The summed E-state index contributed by atoms with van der Waals surface area (Å²) in [6, 6.07) is 3.65. The zero-order valence-electron chi connectivity index (χ0n) is 14.5. The average Bonchev–Trinajstić information content (AvgIpc) is 3.33. The molecule has 0 spiro atoms. The summed E-state index contributed by atoms with van der Waals surface area (Å²) in [5.74, 6) is 0.567. The maximum Gasteiger partial charge on any atom is 0.264 e. The maximum absolute atomic E-state index is 13.6. The van der Waals surface area contributed by atoms with E-state index in [0.717, 1.165) is 35.0 Å². The fourth-order valence-corrected chi connectivity index (χ4v) is 4.28. The fraction of sp³-hybridized carbons (Fsp3) is 0.526. The molecule has 24 heavy (non-hydrogen) atoms. The highest BCUT2D eigenvalue weighted by Crippen LogP contribution is 2.45. The molecule has 1 saturated carbocycles. The number of alkyl halides is 2. The topological polar surface area (TPSA) is 16.1 Å². The van der Waals surface area contributed by atoms with Crippen molar-refractivity contribution in [1.82, 2.24) is 4.98 Å². The molecule has 5 heteroatoms. The van der Waals surface area contributed by atoms with Crippen LogP contribution in [0.25, 0.3) is 10.4 Å². The smallest absolute Gasteiger partial charge is 0.264 e. The summed E-state index contributed by atoms with van der Waals surface area (Å²) in [6.45, 7) is 4.93. The number of thiazole rings is 1. The number of benzene rings is 1. The van der Waals surface area contributed by atoms with Crippen LogP contribution in [0.15, 0.2) is 18.3 Å². The molecule has 0 bridgehead atoms. The Hall–Kier alpha value is -1.49. The Morgan fingerprint density at radius 2 is 2.00 bits per heavy atom. The SMILES string of the molecule is CC.CN1CCCc2cc(-c3cnc(C4CC4)s3)c(C(F)F)cc21. The predicted molar refractivity (Wildman–Crippen MR) is 97.4 cm³/mol. The first-order valence-corrected chi connectivity index (χ1v) is 9.57. The second-order valence-electron chi connectivity index (χ2n) is 6.23. The summed E-state index contributed by atoms with van der Waals surface area (Å²) in [5, 5.41) is 1.10. The van der Waals surface area contributed by atoms with Gasteiger partial charge in [0, 0.05) is 42.5 Å². The van der Waals surface area contributed by atoms with Crippen molar-refractivity contribution in [2.24, 2.45) is 0 Å². The molecule has 0 radical (unpaired) electrons. The van der Waals surface area contributed by atoms with Gasteiger partial charge in [0.1, 0.15) is 0 Å². The van der Waals surface area contributed by atoms with Crippen LogP contribution in [0.4, 0.5) is 14.5 Å². The number of hydrogen-bond donors (Lipinski definition) is 0. The van der Waals surface area contributed by atoms with Crippen molar-refractivity contribution in [3.63, 3.8) is 0 Å². The summed E-state index contributed by atoms with van der Waals surface area (Å²) >= 11 is 1.58. The van der Waals surface area contributed by atoms with E-state index in [-0.39, 0.29) is 5.56 Å². The van der Waals surface area contributed by atoms with E-state index >= 15 is 0 Å². The lowest BCUT2D eigenvalue weighted by atomic mass is 9.95. The molecule has 2 nitrogen and oxygen atoms in total. The zero-order chi connectivity index (χ0) is 17.3. The number of halogens is 2. The number of hydrogen-bond acceptors (Lipinski definition) is 3. The standard InChI is InChI=1S/C17H18F2N2S.C2H6/c1-21-6-2-3-11-7-12(13(16(18)19)8-14(11)21)15-9-20-17(22-15)10-4-5-10;1-2/h7-10,16H,2-6H2,1H3;1-2H3. The number of rotatable bonds is 3. The number of aromatic nitrogens is 1. The minimum absolute atomic E-state index is 0.137. The van der Waals surface area contributed by atoms with Crippen molar-refractivity contribution in [3.8, 4) is 10.4 Å². The molecule has 0 atom stereocenters. The summed E-state index contributed by atoms with van der Waals surface area (Å²) < 4.78 is 27.1. The Morgan fingerprint density at radius 3 is 2.67 bits per heavy atom. The molecule has 1 aliphatic carbocycles. The number of fused-ring (bicyclic) bond motifs is 1. The summed E-state index contributed by atoms with van der Waals surface area (Å²) in [4.78, 5) is 7.41. The van der Waals surface area contributed by atoms with Crippen LogP contribution < -0.4 is 4.90 Å². The Morgan fingerprint density at radius 1 is 1.25 bits per heavy atom. The lowest BCUT2D eigenvalue weighted by molar-refractivity contribution is 0.152. The highest BCUT2D eigenvalue weighted by molar-refractivity contribution is 7.15.